The summed E-state index contributed by atoms with van der Waals surface area (Å²) in [6.07, 6.45) is 6.91. The summed E-state index contributed by atoms with van der Waals surface area (Å²) in [7, 11) is 1.58. The van der Waals surface area contributed by atoms with Crippen molar-refractivity contribution in [3.8, 4) is 28.8 Å². The highest BCUT2D eigenvalue weighted by Crippen LogP contribution is 2.33. The van der Waals surface area contributed by atoms with Gasteiger partial charge in [0.25, 0.3) is 0 Å². The second-order valence-electron chi connectivity index (χ2n) is 6.72. The predicted octanol–water partition coefficient (Wildman–Crippen LogP) is 3.30. The van der Waals surface area contributed by atoms with E-state index in [9.17, 15) is 5.11 Å². The van der Waals surface area contributed by atoms with Crippen LogP contribution < -0.4 is 4.74 Å². The molecular formula is C21H18N4O2. The molecule has 0 saturated carbocycles. The molecule has 0 aliphatic carbocycles. The fourth-order valence-corrected chi connectivity index (χ4v) is 2.91. The van der Waals surface area contributed by atoms with E-state index in [4.69, 9.17) is 4.74 Å². The Morgan fingerprint density at radius 2 is 2.04 bits per heavy atom. The second-order valence-corrected chi connectivity index (χ2v) is 6.72. The Bertz CT molecular complexity index is 1200. The molecule has 4 aromatic heterocycles. The first-order valence-corrected chi connectivity index (χ1v) is 8.46. The number of ether oxygens (including phenoxy) is 1. The summed E-state index contributed by atoms with van der Waals surface area (Å²) in [6, 6.07) is 5.83. The maximum Gasteiger partial charge on any atom is 0.153 e. The van der Waals surface area contributed by atoms with Crippen molar-refractivity contribution in [2.45, 2.75) is 19.4 Å². The van der Waals surface area contributed by atoms with E-state index in [1.54, 1.807) is 45.7 Å². The van der Waals surface area contributed by atoms with E-state index in [0.717, 1.165) is 27.5 Å². The number of H-pyrrole nitrogens is 1. The molecule has 2 N–H and O–H groups in total. The summed E-state index contributed by atoms with van der Waals surface area (Å²) in [5.41, 5.74) is 2.84. The van der Waals surface area contributed by atoms with Crippen molar-refractivity contribution in [3.05, 3.63) is 48.5 Å². The van der Waals surface area contributed by atoms with E-state index in [1.807, 2.05) is 18.2 Å². The van der Waals surface area contributed by atoms with Crippen LogP contribution in [0.3, 0.4) is 0 Å². The van der Waals surface area contributed by atoms with Gasteiger partial charge in [-0.3, -0.25) is 9.97 Å². The molecule has 0 unspecified atom stereocenters. The van der Waals surface area contributed by atoms with Crippen molar-refractivity contribution in [2.75, 3.05) is 7.11 Å². The molecule has 0 bridgehead atoms. The molecule has 0 aliphatic rings. The fourth-order valence-electron chi connectivity index (χ4n) is 2.91. The third-order valence-corrected chi connectivity index (χ3v) is 4.14. The summed E-state index contributed by atoms with van der Waals surface area (Å²) in [5, 5.41) is 11.8. The van der Waals surface area contributed by atoms with Gasteiger partial charge in [-0.05, 0) is 32.0 Å². The zero-order valence-electron chi connectivity index (χ0n) is 15.2. The molecule has 4 heterocycles. The molecule has 0 radical (unpaired) electrons. The Balaban J connectivity index is 2.03. The molecule has 4 aromatic rings. The van der Waals surface area contributed by atoms with Gasteiger partial charge in [-0.1, -0.05) is 11.8 Å². The van der Waals surface area contributed by atoms with Crippen molar-refractivity contribution in [2.24, 2.45) is 0 Å². The number of rotatable bonds is 2. The highest BCUT2D eigenvalue weighted by Gasteiger charge is 2.16. The van der Waals surface area contributed by atoms with Crippen LogP contribution >= 0.6 is 0 Å². The monoisotopic (exact) mass is 358 g/mol. The van der Waals surface area contributed by atoms with Gasteiger partial charge in [0.1, 0.15) is 11.2 Å². The number of hydrogen-bond acceptors (Lipinski definition) is 5. The number of aromatic amines is 1. The van der Waals surface area contributed by atoms with Crippen molar-refractivity contribution < 1.29 is 9.84 Å². The number of nitrogens with zero attached hydrogens (tertiary/aromatic N) is 3. The summed E-state index contributed by atoms with van der Waals surface area (Å²) >= 11 is 0. The largest absolute Gasteiger partial charge is 0.494 e. The van der Waals surface area contributed by atoms with Crippen LogP contribution in [0.4, 0.5) is 0 Å². The Kier molecular flexibility index (Phi) is 4.02. The number of hydrogen-bond donors (Lipinski definition) is 2. The third-order valence-electron chi connectivity index (χ3n) is 4.14. The van der Waals surface area contributed by atoms with Gasteiger partial charge in [-0.2, -0.15) is 0 Å². The molecule has 0 aromatic carbocycles. The van der Waals surface area contributed by atoms with Crippen LogP contribution in [0.25, 0.3) is 33.2 Å². The van der Waals surface area contributed by atoms with Gasteiger partial charge in [-0.15, -0.1) is 0 Å². The van der Waals surface area contributed by atoms with Gasteiger partial charge in [-0.25, -0.2) is 4.98 Å². The van der Waals surface area contributed by atoms with E-state index in [-0.39, 0.29) is 0 Å². The highest BCUT2D eigenvalue weighted by molar-refractivity contribution is 6.10. The molecule has 134 valence electrons. The summed E-state index contributed by atoms with van der Waals surface area (Å²) in [4.78, 5) is 16.4. The number of pyridine rings is 3. The van der Waals surface area contributed by atoms with Gasteiger partial charge in [0.2, 0.25) is 0 Å². The van der Waals surface area contributed by atoms with Crippen molar-refractivity contribution in [1.29, 1.82) is 0 Å². The molecule has 0 fully saturated rings. The van der Waals surface area contributed by atoms with Crippen LogP contribution in [0.1, 0.15) is 19.4 Å². The average Bonchev–Trinajstić information content (AvgIpc) is 3.04. The molecular weight excluding hydrogens is 340 g/mol. The molecule has 0 saturated heterocycles. The van der Waals surface area contributed by atoms with Crippen molar-refractivity contribution >= 4 is 21.9 Å². The number of aliphatic hydroxyl groups is 1. The highest BCUT2D eigenvalue weighted by atomic mass is 16.5. The molecule has 4 rings (SSSR count). The zero-order chi connectivity index (χ0) is 19.0. The number of methoxy groups -OCH3 is 1. The minimum Gasteiger partial charge on any atom is -0.494 e. The second kappa shape index (κ2) is 6.38. The molecule has 0 atom stereocenters. The van der Waals surface area contributed by atoms with Gasteiger partial charge < -0.3 is 14.8 Å². The number of aromatic nitrogens is 4. The number of fused-ring (bicyclic) bond motifs is 3. The van der Waals surface area contributed by atoms with Crippen LogP contribution in [0.2, 0.25) is 0 Å². The lowest BCUT2D eigenvalue weighted by atomic mass is 10.1. The van der Waals surface area contributed by atoms with Crippen molar-refractivity contribution in [1.82, 2.24) is 19.9 Å². The van der Waals surface area contributed by atoms with E-state index in [0.29, 0.717) is 17.0 Å². The SMILES string of the molecule is COc1cnc2[nH]c3cnc(-c4cccnc4)cc3c2c1C#CC(C)(C)O. The maximum absolute atomic E-state index is 10.0. The lowest BCUT2D eigenvalue weighted by Gasteiger charge is -2.08. The first kappa shape index (κ1) is 17.0. The van der Waals surface area contributed by atoms with Crippen LogP contribution in [0.5, 0.6) is 5.75 Å². The van der Waals surface area contributed by atoms with Gasteiger partial charge >= 0.3 is 0 Å². The van der Waals surface area contributed by atoms with Gasteiger partial charge in [0.05, 0.1) is 36.3 Å². The lowest BCUT2D eigenvalue weighted by molar-refractivity contribution is 0.143. The quantitative estimate of drug-likeness (QED) is 0.537. The first-order valence-electron chi connectivity index (χ1n) is 8.46. The standard InChI is InChI=1S/C21H18N4O2/c1-21(2,26)7-6-14-18(27-3)12-24-20-19(14)15-9-16(23-11-17(15)25-20)13-5-4-8-22-10-13/h4-5,8-12,26H,1-3H3,(H,24,25). The maximum atomic E-state index is 10.0. The smallest absolute Gasteiger partial charge is 0.153 e. The van der Waals surface area contributed by atoms with Gasteiger partial charge in [0.15, 0.2) is 5.75 Å². The van der Waals surface area contributed by atoms with Gasteiger partial charge in [0, 0.05) is 28.7 Å². The van der Waals surface area contributed by atoms with E-state index in [1.165, 1.54) is 0 Å². The van der Waals surface area contributed by atoms with E-state index in [2.05, 4.69) is 31.8 Å². The Hall–Kier alpha value is -3.43. The molecule has 0 aliphatic heterocycles. The molecule has 0 spiro atoms. The summed E-state index contributed by atoms with van der Waals surface area (Å²) in [5.74, 6) is 6.49. The van der Waals surface area contributed by atoms with Crippen LogP contribution in [-0.2, 0) is 0 Å². The fraction of sp³-hybridized carbons (Fsp3) is 0.190. The minimum absolute atomic E-state index is 0.555. The summed E-state index contributed by atoms with van der Waals surface area (Å²) < 4.78 is 5.47. The van der Waals surface area contributed by atoms with Crippen LogP contribution in [0.15, 0.2) is 43.0 Å². The van der Waals surface area contributed by atoms with Crippen molar-refractivity contribution in [3.63, 3.8) is 0 Å². The Morgan fingerprint density at radius 3 is 2.74 bits per heavy atom. The Morgan fingerprint density at radius 1 is 1.19 bits per heavy atom. The number of nitrogens with one attached hydrogen (secondary N) is 1. The average molecular weight is 358 g/mol. The molecule has 6 heteroatoms. The molecule has 27 heavy (non-hydrogen) atoms. The lowest BCUT2D eigenvalue weighted by Crippen LogP contribution is -2.14. The first-order chi connectivity index (χ1) is 13.0. The molecule has 6 nitrogen and oxygen atoms in total. The zero-order valence-corrected chi connectivity index (χ0v) is 15.2. The van der Waals surface area contributed by atoms with Crippen LogP contribution in [0, 0.1) is 11.8 Å². The van der Waals surface area contributed by atoms with E-state index >= 15 is 0 Å². The molecule has 0 amide bonds. The van der Waals surface area contributed by atoms with E-state index < -0.39 is 5.60 Å². The summed E-state index contributed by atoms with van der Waals surface area (Å²) in [6.45, 7) is 3.29. The normalized spacial score (nSPS) is 11.4. The Labute approximate surface area is 156 Å². The predicted molar refractivity (Wildman–Crippen MR) is 104 cm³/mol. The van der Waals surface area contributed by atoms with Crippen LogP contribution in [-0.4, -0.2) is 37.8 Å². The topological polar surface area (TPSA) is 83.9 Å². The minimum atomic E-state index is -1.12. The third kappa shape index (κ3) is 3.21.